The van der Waals surface area contributed by atoms with Crippen LogP contribution in [0.5, 0.6) is 0 Å². The van der Waals surface area contributed by atoms with Crippen LogP contribution in [-0.2, 0) is 0 Å². The zero-order chi connectivity index (χ0) is 10.2. The van der Waals surface area contributed by atoms with E-state index in [1.165, 1.54) is 19.3 Å². The third-order valence-electron chi connectivity index (χ3n) is 2.38. The lowest BCUT2D eigenvalue weighted by atomic mass is 9.89. The molecule has 2 heteroatoms. The van der Waals surface area contributed by atoms with Gasteiger partial charge < -0.3 is 11.1 Å². The lowest BCUT2D eigenvalue weighted by Crippen LogP contribution is -2.31. The Morgan fingerprint density at radius 3 is 2.46 bits per heavy atom. The zero-order valence-corrected chi connectivity index (χ0v) is 9.53. The zero-order valence-electron chi connectivity index (χ0n) is 9.53. The van der Waals surface area contributed by atoms with E-state index in [4.69, 9.17) is 5.73 Å². The number of hydrogen-bond acceptors (Lipinski definition) is 2. The molecule has 0 aromatic rings. The van der Waals surface area contributed by atoms with Gasteiger partial charge in [0, 0.05) is 6.54 Å². The standard InChI is InChI=1S/C11H26N2/c1-4-5-6-9-13-10-11(2,3)7-8-12/h13H,4-10,12H2,1-3H3. The van der Waals surface area contributed by atoms with Crippen molar-refractivity contribution in [1.82, 2.24) is 5.32 Å². The van der Waals surface area contributed by atoms with Crippen LogP contribution in [0.2, 0.25) is 0 Å². The average molecular weight is 186 g/mol. The second-order valence-corrected chi connectivity index (χ2v) is 4.59. The van der Waals surface area contributed by atoms with E-state index in [9.17, 15) is 0 Å². The van der Waals surface area contributed by atoms with Crippen molar-refractivity contribution in [2.24, 2.45) is 11.1 Å². The summed E-state index contributed by atoms with van der Waals surface area (Å²) in [7, 11) is 0. The Kier molecular flexibility index (Phi) is 7.29. The minimum absolute atomic E-state index is 0.362. The van der Waals surface area contributed by atoms with Gasteiger partial charge in [-0.05, 0) is 31.3 Å². The Labute approximate surface area is 83.3 Å². The predicted molar refractivity (Wildman–Crippen MR) is 59.8 cm³/mol. The fourth-order valence-electron chi connectivity index (χ4n) is 1.41. The third-order valence-corrected chi connectivity index (χ3v) is 2.38. The molecule has 0 aromatic heterocycles. The van der Waals surface area contributed by atoms with Crippen LogP contribution in [0.3, 0.4) is 0 Å². The molecule has 0 heterocycles. The number of nitrogens with one attached hydrogen (secondary N) is 1. The summed E-state index contributed by atoms with van der Waals surface area (Å²) >= 11 is 0. The van der Waals surface area contributed by atoms with E-state index < -0.39 is 0 Å². The van der Waals surface area contributed by atoms with Gasteiger partial charge in [-0.3, -0.25) is 0 Å². The fourth-order valence-corrected chi connectivity index (χ4v) is 1.41. The maximum absolute atomic E-state index is 5.54. The summed E-state index contributed by atoms with van der Waals surface area (Å²) in [5.74, 6) is 0. The number of unbranched alkanes of at least 4 members (excludes halogenated alkanes) is 2. The van der Waals surface area contributed by atoms with Gasteiger partial charge >= 0.3 is 0 Å². The SMILES string of the molecule is CCCCCNCC(C)(C)CCN. The van der Waals surface area contributed by atoms with E-state index in [1.54, 1.807) is 0 Å². The smallest absolute Gasteiger partial charge is 0.000299 e. The number of hydrogen-bond donors (Lipinski definition) is 2. The highest BCUT2D eigenvalue weighted by Crippen LogP contribution is 2.17. The average Bonchev–Trinajstić information content (AvgIpc) is 2.04. The third kappa shape index (κ3) is 8.26. The fraction of sp³-hybridized carbons (Fsp3) is 1.00. The minimum atomic E-state index is 0.362. The van der Waals surface area contributed by atoms with Crippen LogP contribution in [0.15, 0.2) is 0 Å². The predicted octanol–water partition coefficient (Wildman–Crippen LogP) is 2.14. The Morgan fingerprint density at radius 2 is 1.92 bits per heavy atom. The van der Waals surface area contributed by atoms with Crippen LogP contribution in [0.1, 0.15) is 46.5 Å². The molecule has 0 aliphatic carbocycles. The minimum Gasteiger partial charge on any atom is -0.330 e. The highest BCUT2D eigenvalue weighted by atomic mass is 14.9. The van der Waals surface area contributed by atoms with Crippen LogP contribution in [0, 0.1) is 5.41 Å². The summed E-state index contributed by atoms with van der Waals surface area (Å²) in [6.45, 7) is 9.82. The summed E-state index contributed by atoms with van der Waals surface area (Å²) < 4.78 is 0. The monoisotopic (exact) mass is 186 g/mol. The van der Waals surface area contributed by atoms with Crippen molar-refractivity contribution < 1.29 is 0 Å². The van der Waals surface area contributed by atoms with Gasteiger partial charge in [0.15, 0.2) is 0 Å². The van der Waals surface area contributed by atoms with Crippen LogP contribution >= 0.6 is 0 Å². The summed E-state index contributed by atoms with van der Waals surface area (Å²) in [4.78, 5) is 0. The highest BCUT2D eigenvalue weighted by molar-refractivity contribution is 4.71. The van der Waals surface area contributed by atoms with Crippen molar-refractivity contribution >= 4 is 0 Å². The highest BCUT2D eigenvalue weighted by Gasteiger charge is 2.15. The van der Waals surface area contributed by atoms with Gasteiger partial charge in [-0.25, -0.2) is 0 Å². The van der Waals surface area contributed by atoms with Crippen LogP contribution in [0.25, 0.3) is 0 Å². The number of rotatable bonds is 8. The van der Waals surface area contributed by atoms with Gasteiger partial charge in [0.1, 0.15) is 0 Å². The molecule has 0 fully saturated rings. The summed E-state index contributed by atoms with van der Waals surface area (Å²) in [5.41, 5.74) is 5.90. The first-order valence-electron chi connectivity index (χ1n) is 5.53. The molecule has 0 bridgehead atoms. The van der Waals surface area contributed by atoms with Gasteiger partial charge in [-0.15, -0.1) is 0 Å². The summed E-state index contributed by atoms with van der Waals surface area (Å²) in [6, 6.07) is 0. The summed E-state index contributed by atoms with van der Waals surface area (Å²) in [5, 5.41) is 3.49. The molecule has 0 aliphatic rings. The van der Waals surface area contributed by atoms with Crippen molar-refractivity contribution in [2.45, 2.75) is 46.5 Å². The van der Waals surface area contributed by atoms with Crippen molar-refractivity contribution in [3.63, 3.8) is 0 Å². The summed E-state index contributed by atoms with van der Waals surface area (Å²) in [6.07, 6.45) is 5.04. The van der Waals surface area contributed by atoms with E-state index in [1.807, 2.05) is 0 Å². The van der Waals surface area contributed by atoms with Crippen molar-refractivity contribution in [1.29, 1.82) is 0 Å². The van der Waals surface area contributed by atoms with E-state index in [-0.39, 0.29) is 0 Å². The lowest BCUT2D eigenvalue weighted by Gasteiger charge is -2.24. The van der Waals surface area contributed by atoms with Crippen LogP contribution < -0.4 is 11.1 Å². The van der Waals surface area contributed by atoms with Gasteiger partial charge in [0.05, 0.1) is 0 Å². The second kappa shape index (κ2) is 7.34. The molecular weight excluding hydrogens is 160 g/mol. The molecule has 0 spiro atoms. The normalized spacial score (nSPS) is 12.0. The Hall–Kier alpha value is -0.0800. The number of nitrogens with two attached hydrogens (primary N) is 1. The Bertz CT molecular complexity index is 111. The first kappa shape index (κ1) is 12.9. The molecule has 0 amide bonds. The van der Waals surface area contributed by atoms with E-state index in [0.717, 1.165) is 26.1 Å². The molecule has 0 atom stereocenters. The van der Waals surface area contributed by atoms with Gasteiger partial charge in [0.2, 0.25) is 0 Å². The van der Waals surface area contributed by atoms with Crippen molar-refractivity contribution in [2.75, 3.05) is 19.6 Å². The van der Waals surface area contributed by atoms with E-state index in [0.29, 0.717) is 5.41 Å². The van der Waals surface area contributed by atoms with Gasteiger partial charge in [-0.2, -0.15) is 0 Å². The second-order valence-electron chi connectivity index (χ2n) is 4.59. The van der Waals surface area contributed by atoms with Gasteiger partial charge in [-0.1, -0.05) is 33.6 Å². The molecule has 0 saturated heterocycles. The largest absolute Gasteiger partial charge is 0.330 e. The molecule has 0 rings (SSSR count). The lowest BCUT2D eigenvalue weighted by molar-refractivity contribution is 0.319. The molecule has 2 nitrogen and oxygen atoms in total. The van der Waals surface area contributed by atoms with Crippen molar-refractivity contribution in [3.8, 4) is 0 Å². The Balaban J connectivity index is 3.29. The topological polar surface area (TPSA) is 38.0 Å². The molecule has 13 heavy (non-hydrogen) atoms. The maximum Gasteiger partial charge on any atom is 0.000299 e. The molecular formula is C11H26N2. The van der Waals surface area contributed by atoms with E-state index in [2.05, 4.69) is 26.1 Å². The van der Waals surface area contributed by atoms with Crippen LogP contribution in [0.4, 0.5) is 0 Å². The first-order valence-corrected chi connectivity index (χ1v) is 5.53. The quantitative estimate of drug-likeness (QED) is 0.570. The first-order chi connectivity index (χ1) is 6.12. The molecule has 0 saturated carbocycles. The molecule has 80 valence electrons. The van der Waals surface area contributed by atoms with Crippen LogP contribution in [-0.4, -0.2) is 19.6 Å². The maximum atomic E-state index is 5.54. The molecule has 0 aliphatic heterocycles. The molecule has 0 unspecified atom stereocenters. The molecule has 3 N–H and O–H groups in total. The van der Waals surface area contributed by atoms with Crippen molar-refractivity contribution in [3.05, 3.63) is 0 Å². The molecule has 0 aromatic carbocycles. The van der Waals surface area contributed by atoms with Gasteiger partial charge in [0.25, 0.3) is 0 Å². The Morgan fingerprint density at radius 1 is 1.23 bits per heavy atom. The molecule has 0 radical (unpaired) electrons. The van der Waals surface area contributed by atoms with E-state index >= 15 is 0 Å².